The Hall–Kier alpha value is -2.73. The predicted octanol–water partition coefficient (Wildman–Crippen LogP) is 7.43. The SMILES string of the molecule is COc1c(Cl)cc(C=C2SC(=Nc3ccc(C)cc3)N(c3ccc(C)cc3)C2=O)cc1Cl. The zero-order chi connectivity index (χ0) is 22.8. The lowest BCUT2D eigenvalue weighted by Gasteiger charge is -2.16. The number of anilines is 1. The van der Waals surface area contributed by atoms with Crippen molar-refractivity contribution in [2.75, 3.05) is 12.0 Å². The molecule has 4 nitrogen and oxygen atoms in total. The molecule has 3 aromatic carbocycles. The second-order valence-electron chi connectivity index (χ2n) is 7.33. The van der Waals surface area contributed by atoms with E-state index in [4.69, 9.17) is 32.9 Å². The number of amides is 1. The summed E-state index contributed by atoms with van der Waals surface area (Å²) in [6.07, 6.45) is 1.77. The lowest BCUT2D eigenvalue weighted by Crippen LogP contribution is -2.28. The van der Waals surface area contributed by atoms with Gasteiger partial charge < -0.3 is 4.74 Å². The van der Waals surface area contributed by atoms with E-state index in [1.54, 1.807) is 23.1 Å². The minimum Gasteiger partial charge on any atom is -0.494 e. The van der Waals surface area contributed by atoms with Crippen LogP contribution in [0.25, 0.3) is 6.08 Å². The van der Waals surface area contributed by atoms with Gasteiger partial charge in [-0.15, -0.1) is 0 Å². The van der Waals surface area contributed by atoms with Gasteiger partial charge in [-0.05, 0) is 73.6 Å². The molecule has 162 valence electrons. The second-order valence-corrected chi connectivity index (χ2v) is 9.16. The lowest BCUT2D eigenvalue weighted by atomic mass is 10.2. The number of halogens is 2. The van der Waals surface area contributed by atoms with Crippen molar-refractivity contribution in [3.63, 3.8) is 0 Å². The summed E-state index contributed by atoms with van der Waals surface area (Å²) in [5.74, 6) is 0.247. The fourth-order valence-corrected chi connectivity index (χ4v) is 4.87. The molecule has 0 bridgehead atoms. The number of amidine groups is 1. The summed E-state index contributed by atoms with van der Waals surface area (Å²) in [5.41, 5.74) is 4.50. The fraction of sp³-hybridized carbons (Fsp3) is 0.120. The summed E-state index contributed by atoms with van der Waals surface area (Å²) in [4.78, 5) is 20.3. The van der Waals surface area contributed by atoms with Crippen LogP contribution < -0.4 is 9.64 Å². The first-order chi connectivity index (χ1) is 15.4. The van der Waals surface area contributed by atoms with Gasteiger partial charge in [-0.1, -0.05) is 58.6 Å². The Kier molecular flexibility index (Phi) is 6.60. The van der Waals surface area contributed by atoms with Crippen LogP contribution in [0.4, 0.5) is 11.4 Å². The van der Waals surface area contributed by atoms with Crippen LogP contribution >= 0.6 is 35.0 Å². The average molecular weight is 483 g/mol. The number of aliphatic imine (C=N–C) groups is 1. The van der Waals surface area contributed by atoms with E-state index in [0.717, 1.165) is 22.5 Å². The van der Waals surface area contributed by atoms with Crippen molar-refractivity contribution in [1.82, 2.24) is 0 Å². The smallest absolute Gasteiger partial charge is 0.271 e. The number of hydrogen-bond donors (Lipinski definition) is 0. The van der Waals surface area contributed by atoms with E-state index in [1.165, 1.54) is 18.9 Å². The molecule has 3 aromatic rings. The molecule has 0 aromatic heterocycles. The van der Waals surface area contributed by atoms with Crippen molar-refractivity contribution in [3.8, 4) is 5.75 Å². The number of benzene rings is 3. The standard InChI is InChI=1S/C25H20Cl2N2O2S/c1-15-4-8-18(9-5-15)28-25-29(19-10-6-16(2)7-11-19)24(30)22(32-25)14-17-12-20(26)23(31-3)21(27)13-17/h4-14H,1-3H3. The summed E-state index contributed by atoms with van der Waals surface area (Å²) in [6.45, 7) is 4.03. The Morgan fingerprint density at radius 3 is 2.06 bits per heavy atom. The van der Waals surface area contributed by atoms with E-state index in [1.807, 2.05) is 62.4 Å². The Morgan fingerprint density at radius 1 is 0.938 bits per heavy atom. The third-order valence-corrected chi connectivity index (χ3v) is 6.41. The number of methoxy groups -OCH3 is 1. The van der Waals surface area contributed by atoms with Crippen LogP contribution in [-0.4, -0.2) is 18.2 Å². The van der Waals surface area contributed by atoms with E-state index in [0.29, 0.717) is 31.4 Å². The molecule has 32 heavy (non-hydrogen) atoms. The van der Waals surface area contributed by atoms with E-state index in [-0.39, 0.29) is 5.91 Å². The summed E-state index contributed by atoms with van der Waals surface area (Å²) < 4.78 is 5.21. The molecule has 1 saturated heterocycles. The topological polar surface area (TPSA) is 41.9 Å². The molecule has 0 N–H and O–H groups in total. The molecule has 1 aliphatic heterocycles. The predicted molar refractivity (Wildman–Crippen MR) is 136 cm³/mol. The average Bonchev–Trinajstić information content (AvgIpc) is 3.05. The van der Waals surface area contributed by atoms with Crippen molar-refractivity contribution in [2.24, 2.45) is 4.99 Å². The van der Waals surface area contributed by atoms with Gasteiger partial charge in [0.1, 0.15) is 0 Å². The quantitative estimate of drug-likeness (QED) is 0.363. The van der Waals surface area contributed by atoms with Gasteiger partial charge >= 0.3 is 0 Å². The maximum atomic E-state index is 13.4. The minimum absolute atomic E-state index is 0.159. The molecular weight excluding hydrogens is 463 g/mol. The maximum absolute atomic E-state index is 13.4. The molecule has 0 spiro atoms. The number of thioether (sulfide) groups is 1. The van der Waals surface area contributed by atoms with Gasteiger partial charge in [0.2, 0.25) is 0 Å². The van der Waals surface area contributed by atoms with E-state index in [2.05, 4.69) is 0 Å². The van der Waals surface area contributed by atoms with Gasteiger partial charge in [-0.2, -0.15) is 0 Å². The molecule has 0 aliphatic carbocycles. The molecule has 1 heterocycles. The highest BCUT2D eigenvalue weighted by Crippen LogP contribution is 2.39. The van der Waals surface area contributed by atoms with Gasteiger partial charge in [0, 0.05) is 0 Å². The van der Waals surface area contributed by atoms with Crippen molar-refractivity contribution >= 4 is 63.5 Å². The monoisotopic (exact) mass is 482 g/mol. The van der Waals surface area contributed by atoms with Crippen LogP contribution in [0.3, 0.4) is 0 Å². The first kappa shape index (κ1) is 22.5. The van der Waals surface area contributed by atoms with E-state index in [9.17, 15) is 4.79 Å². The zero-order valence-electron chi connectivity index (χ0n) is 17.7. The summed E-state index contributed by atoms with van der Waals surface area (Å²) in [6, 6.07) is 19.1. The Morgan fingerprint density at radius 2 is 1.50 bits per heavy atom. The third-order valence-electron chi connectivity index (χ3n) is 4.88. The highest BCUT2D eigenvalue weighted by molar-refractivity contribution is 8.19. The van der Waals surface area contributed by atoms with Crippen LogP contribution in [-0.2, 0) is 4.79 Å². The lowest BCUT2D eigenvalue weighted by molar-refractivity contribution is -0.113. The van der Waals surface area contributed by atoms with Gasteiger partial charge in [-0.3, -0.25) is 9.69 Å². The Labute approximate surface area is 201 Å². The third kappa shape index (κ3) is 4.70. The highest BCUT2D eigenvalue weighted by atomic mass is 35.5. The Balaban J connectivity index is 1.77. The summed E-state index contributed by atoms with van der Waals surface area (Å²) >= 11 is 13.9. The molecule has 0 radical (unpaired) electrons. The number of aryl methyl sites for hydroxylation is 2. The van der Waals surface area contributed by atoms with Crippen molar-refractivity contribution in [2.45, 2.75) is 13.8 Å². The van der Waals surface area contributed by atoms with Crippen LogP contribution in [0.15, 0.2) is 70.6 Å². The summed E-state index contributed by atoms with van der Waals surface area (Å²) in [5, 5.41) is 1.34. The van der Waals surface area contributed by atoms with Gasteiger partial charge in [-0.25, -0.2) is 4.99 Å². The van der Waals surface area contributed by atoms with Crippen molar-refractivity contribution < 1.29 is 9.53 Å². The van der Waals surface area contributed by atoms with E-state index < -0.39 is 0 Å². The number of carbonyl (C=O) groups is 1. The van der Waals surface area contributed by atoms with Gasteiger partial charge in [0.15, 0.2) is 10.9 Å². The van der Waals surface area contributed by atoms with Crippen LogP contribution in [0.2, 0.25) is 10.0 Å². The van der Waals surface area contributed by atoms with Crippen LogP contribution in [0, 0.1) is 13.8 Å². The Bertz CT molecular complexity index is 1210. The highest BCUT2D eigenvalue weighted by Gasteiger charge is 2.34. The molecule has 1 amide bonds. The molecule has 0 unspecified atom stereocenters. The van der Waals surface area contributed by atoms with Gasteiger partial charge in [0.25, 0.3) is 5.91 Å². The maximum Gasteiger partial charge on any atom is 0.271 e. The molecule has 4 rings (SSSR count). The molecular formula is C25H20Cl2N2O2S. The largest absolute Gasteiger partial charge is 0.494 e. The first-order valence-electron chi connectivity index (χ1n) is 9.85. The number of ether oxygens (including phenoxy) is 1. The number of carbonyl (C=O) groups excluding carboxylic acids is 1. The fourth-order valence-electron chi connectivity index (χ4n) is 3.21. The minimum atomic E-state index is -0.159. The summed E-state index contributed by atoms with van der Waals surface area (Å²) in [7, 11) is 1.51. The second kappa shape index (κ2) is 9.41. The molecule has 0 atom stereocenters. The van der Waals surface area contributed by atoms with Gasteiger partial charge in [0.05, 0.1) is 33.4 Å². The molecule has 0 saturated carbocycles. The normalized spacial score (nSPS) is 16.3. The number of rotatable bonds is 4. The molecule has 1 aliphatic rings. The molecule has 7 heteroatoms. The van der Waals surface area contributed by atoms with Crippen molar-refractivity contribution in [1.29, 1.82) is 0 Å². The number of nitrogens with zero attached hydrogens (tertiary/aromatic N) is 2. The number of hydrogen-bond acceptors (Lipinski definition) is 4. The zero-order valence-corrected chi connectivity index (χ0v) is 20.1. The van der Waals surface area contributed by atoms with Crippen LogP contribution in [0.1, 0.15) is 16.7 Å². The molecule has 1 fully saturated rings. The first-order valence-corrected chi connectivity index (χ1v) is 11.4. The van der Waals surface area contributed by atoms with E-state index >= 15 is 0 Å². The van der Waals surface area contributed by atoms with Crippen LogP contribution in [0.5, 0.6) is 5.75 Å². The van der Waals surface area contributed by atoms with Crippen molar-refractivity contribution in [3.05, 3.63) is 92.3 Å².